The molecular weight excluding hydrogens is 354 g/mol. The molecule has 26 heavy (non-hydrogen) atoms. The molecule has 0 spiro atoms. The number of para-hydroxylation sites is 1. The highest BCUT2D eigenvalue weighted by molar-refractivity contribution is 7.17. The van der Waals surface area contributed by atoms with Crippen LogP contribution in [-0.2, 0) is 0 Å². The molecule has 0 fully saturated rings. The molecule has 3 heterocycles. The van der Waals surface area contributed by atoms with Crippen LogP contribution >= 0.6 is 11.3 Å². The fourth-order valence-corrected chi connectivity index (χ4v) is 3.44. The topological polar surface area (TPSA) is 89.9 Å². The number of hydrogen-bond donors (Lipinski definition) is 1. The number of thiophene rings is 1. The van der Waals surface area contributed by atoms with Crippen molar-refractivity contribution in [3.63, 3.8) is 0 Å². The predicted octanol–water partition coefficient (Wildman–Crippen LogP) is 3.31. The number of furan rings is 1. The molecule has 8 heteroatoms. The van der Waals surface area contributed by atoms with Gasteiger partial charge in [-0.15, -0.1) is 11.3 Å². The minimum absolute atomic E-state index is 0.0485. The van der Waals surface area contributed by atoms with Crippen molar-refractivity contribution in [1.82, 2.24) is 9.66 Å². The molecule has 0 aliphatic rings. The lowest BCUT2D eigenvalue weighted by Gasteiger charge is -2.05. The highest BCUT2D eigenvalue weighted by atomic mass is 32.1. The van der Waals surface area contributed by atoms with Crippen molar-refractivity contribution in [3.8, 4) is 22.8 Å². The quantitative estimate of drug-likeness (QED) is 0.559. The highest BCUT2D eigenvalue weighted by Gasteiger charge is 2.15. The summed E-state index contributed by atoms with van der Waals surface area (Å²) in [4.78, 5) is 17.7. The van der Waals surface area contributed by atoms with Gasteiger partial charge in [-0.2, -0.15) is 9.78 Å². The fraction of sp³-hybridized carbons (Fsp3) is 0.0556. The molecular formula is C18H13N3O4S. The Hall–Kier alpha value is -3.39. The van der Waals surface area contributed by atoms with E-state index in [9.17, 15) is 9.90 Å². The number of ether oxygens (including phenoxy) is 1. The first-order valence-corrected chi connectivity index (χ1v) is 8.50. The number of fused-ring (bicyclic) bond motifs is 1. The standard InChI is InChI=1S/C18H13N3O4S/c1-24-14-5-2-4-11(16(14)22)8-20-21-10-19-17-15(18(21)23)12(9-26-17)13-6-3-7-25-13/h2-10,22H,1H3/b20-8+. The maximum absolute atomic E-state index is 12.8. The van der Waals surface area contributed by atoms with E-state index < -0.39 is 0 Å². The Balaban J connectivity index is 1.80. The van der Waals surface area contributed by atoms with Gasteiger partial charge in [0.05, 0.1) is 25.0 Å². The second kappa shape index (κ2) is 6.49. The SMILES string of the molecule is COc1cccc(/C=N/n2cnc3scc(-c4ccco4)c3c2=O)c1O. The largest absolute Gasteiger partial charge is 0.504 e. The second-order valence-corrected chi connectivity index (χ2v) is 6.20. The molecule has 130 valence electrons. The van der Waals surface area contributed by atoms with E-state index in [0.717, 1.165) is 4.68 Å². The molecule has 0 amide bonds. The number of hydrogen-bond acceptors (Lipinski definition) is 7. The molecule has 0 unspecified atom stereocenters. The number of methoxy groups -OCH3 is 1. The molecule has 0 saturated heterocycles. The summed E-state index contributed by atoms with van der Waals surface area (Å²) >= 11 is 1.36. The van der Waals surface area contributed by atoms with Gasteiger partial charge in [0, 0.05) is 16.5 Å². The predicted molar refractivity (Wildman–Crippen MR) is 99.2 cm³/mol. The maximum atomic E-state index is 12.8. The molecule has 7 nitrogen and oxygen atoms in total. The van der Waals surface area contributed by atoms with Crippen molar-refractivity contribution in [2.24, 2.45) is 5.10 Å². The van der Waals surface area contributed by atoms with Crippen molar-refractivity contribution in [2.75, 3.05) is 7.11 Å². The van der Waals surface area contributed by atoms with E-state index >= 15 is 0 Å². The van der Waals surface area contributed by atoms with Crippen molar-refractivity contribution < 1.29 is 14.3 Å². The van der Waals surface area contributed by atoms with Crippen LogP contribution in [0.3, 0.4) is 0 Å². The molecule has 0 aliphatic carbocycles. The van der Waals surface area contributed by atoms with Gasteiger partial charge in [0.15, 0.2) is 11.5 Å². The van der Waals surface area contributed by atoms with E-state index in [2.05, 4.69) is 10.1 Å². The minimum Gasteiger partial charge on any atom is -0.504 e. The summed E-state index contributed by atoms with van der Waals surface area (Å²) in [6.45, 7) is 0. The van der Waals surface area contributed by atoms with E-state index in [1.54, 1.807) is 36.6 Å². The van der Waals surface area contributed by atoms with Crippen LogP contribution in [0.4, 0.5) is 0 Å². The Labute approximate surface area is 151 Å². The first-order valence-electron chi connectivity index (χ1n) is 7.62. The molecule has 1 N–H and O–H groups in total. The summed E-state index contributed by atoms with van der Waals surface area (Å²) in [5.41, 5.74) is 0.787. The average Bonchev–Trinajstić information content (AvgIpc) is 3.31. The van der Waals surface area contributed by atoms with Gasteiger partial charge < -0.3 is 14.3 Å². The third kappa shape index (κ3) is 2.66. The van der Waals surface area contributed by atoms with Crippen molar-refractivity contribution in [2.45, 2.75) is 0 Å². The first kappa shape index (κ1) is 16.1. The number of rotatable bonds is 4. The molecule has 0 bridgehead atoms. The van der Waals surface area contributed by atoms with E-state index in [1.165, 1.54) is 31.0 Å². The first-order chi connectivity index (χ1) is 12.7. The number of phenolic OH excluding ortho intramolecular Hbond substituents is 1. The van der Waals surface area contributed by atoms with Crippen molar-refractivity contribution in [1.29, 1.82) is 0 Å². The van der Waals surface area contributed by atoms with Crippen LogP contribution in [0, 0.1) is 0 Å². The van der Waals surface area contributed by atoms with Crippen molar-refractivity contribution >= 4 is 27.8 Å². The van der Waals surface area contributed by atoms with Crippen LogP contribution in [0.2, 0.25) is 0 Å². The van der Waals surface area contributed by atoms with Crippen LogP contribution in [0.5, 0.6) is 11.5 Å². The molecule has 0 aliphatic heterocycles. The Kier molecular flexibility index (Phi) is 4.02. The van der Waals surface area contributed by atoms with Gasteiger partial charge in [-0.3, -0.25) is 4.79 Å². The number of nitrogens with zero attached hydrogens (tertiary/aromatic N) is 3. The van der Waals surface area contributed by atoms with E-state index in [4.69, 9.17) is 9.15 Å². The number of phenols is 1. The monoisotopic (exact) mass is 367 g/mol. The van der Waals surface area contributed by atoms with E-state index in [-0.39, 0.29) is 11.3 Å². The molecule has 0 saturated carbocycles. The third-order valence-electron chi connectivity index (χ3n) is 3.84. The zero-order valence-corrected chi connectivity index (χ0v) is 14.4. The Morgan fingerprint density at radius 3 is 3.00 bits per heavy atom. The van der Waals surface area contributed by atoms with Gasteiger partial charge in [0.2, 0.25) is 0 Å². The van der Waals surface area contributed by atoms with Gasteiger partial charge in [0.1, 0.15) is 16.9 Å². The lowest BCUT2D eigenvalue weighted by Crippen LogP contribution is -2.16. The highest BCUT2D eigenvalue weighted by Crippen LogP contribution is 2.31. The summed E-state index contributed by atoms with van der Waals surface area (Å²) < 4.78 is 11.6. The maximum Gasteiger partial charge on any atom is 0.283 e. The number of benzene rings is 1. The Morgan fingerprint density at radius 2 is 2.23 bits per heavy atom. The van der Waals surface area contributed by atoms with Crippen molar-refractivity contribution in [3.05, 3.63) is 64.2 Å². The molecule has 3 aromatic heterocycles. The minimum atomic E-state index is -0.318. The lowest BCUT2D eigenvalue weighted by atomic mass is 10.2. The third-order valence-corrected chi connectivity index (χ3v) is 4.72. The summed E-state index contributed by atoms with van der Waals surface area (Å²) in [6, 6.07) is 8.57. The van der Waals surface area contributed by atoms with Gasteiger partial charge in [-0.25, -0.2) is 4.98 Å². The Bertz CT molecular complexity index is 1160. The smallest absolute Gasteiger partial charge is 0.283 e. The van der Waals surface area contributed by atoms with Crippen LogP contribution in [0.1, 0.15) is 5.56 Å². The molecule has 0 atom stereocenters. The van der Waals surface area contributed by atoms with Gasteiger partial charge >= 0.3 is 0 Å². The second-order valence-electron chi connectivity index (χ2n) is 5.34. The average molecular weight is 367 g/mol. The Morgan fingerprint density at radius 1 is 1.35 bits per heavy atom. The van der Waals surface area contributed by atoms with Crippen LogP contribution < -0.4 is 10.3 Å². The fourth-order valence-electron chi connectivity index (χ4n) is 2.55. The van der Waals surface area contributed by atoms with E-state index in [0.29, 0.717) is 32.9 Å². The molecule has 0 radical (unpaired) electrons. The van der Waals surface area contributed by atoms with Crippen LogP contribution in [0.15, 0.2) is 62.6 Å². The summed E-state index contributed by atoms with van der Waals surface area (Å²) in [7, 11) is 1.46. The summed E-state index contributed by atoms with van der Waals surface area (Å²) in [5, 5.41) is 16.5. The zero-order valence-electron chi connectivity index (χ0n) is 13.6. The van der Waals surface area contributed by atoms with Crippen LogP contribution in [0.25, 0.3) is 21.5 Å². The normalized spacial score (nSPS) is 11.4. The zero-order chi connectivity index (χ0) is 18.1. The summed E-state index contributed by atoms with van der Waals surface area (Å²) in [6.07, 6.45) is 4.28. The summed E-state index contributed by atoms with van der Waals surface area (Å²) in [5.74, 6) is 0.878. The number of aromatic hydroxyl groups is 1. The van der Waals surface area contributed by atoms with Gasteiger partial charge in [-0.1, -0.05) is 6.07 Å². The molecule has 1 aromatic carbocycles. The van der Waals surface area contributed by atoms with E-state index in [1.807, 2.05) is 5.38 Å². The van der Waals surface area contributed by atoms with Gasteiger partial charge in [-0.05, 0) is 24.3 Å². The lowest BCUT2D eigenvalue weighted by molar-refractivity contribution is 0.373. The van der Waals surface area contributed by atoms with Crippen LogP contribution in [-0.4, -0.2) is 28.1 Å². The van der Waals surface area contributed by atoms with Gasteiger partial charge in [0.25, 0.3) is 5.56 Å². The molecule has 4 rings (SSSR count). The number of aromatic nitrogens is 2. The molecule has 4 aromatic rings.